The number of non-ortho nitro benzene ring substituents is 4. The quantitative estimate of drug-likeness (QED) is 0.0160. The van der Waals surface area contributed by atoms with Crippen LogP contribution in [0.25, 0.3) is 122 Å². The Morgan fingerprint density at radius 3 is 1.11 bits per heavy atom. The van der Waals surface area contributed by atoms with Crippen molar-refractivity contribution in [3.63, 3.8) is 0 Å². The van der Waals surface area contributed by atoms with Crippen LogP contribution in [0.1, 0.15) is 89.0 Å². The van der Waals surface area contributed by atoms with E-state index in [2.05, 4.69) is 68.7 Å². The number of carbonyl (C=O) groups excluding carboxylic acids is 2. The predicted molar refractivity (Wildman–Crippen MR) is 547 cm³/mol. The summed E-state index contributed by atoms with van der Waals surface area (Å²) in [4.78, 5) is 70.5. The third kappa shape index (κ3) is 24.7. The highest BCUT2D eigenvalue weighted by Crippen LogP contribution is 2.39. The molecule has 0 saturated carbocycles. The van der Waals surface area contributed by atoms with E-state index in [1.165, 1.54) is 109 Å². The van der Waals surface area contributed by atoms with Gasteiger partial charge in [-0.05, 0) is 328 Å². The molecule has 141 heavy (non-hydrogen) atoms. The van der Waals surface area contributed by atoms with Crippen molar-refractivity contribution < 1.29 is 64.4 Å². The summed E-state index contributed by atoms with van der Waals surface area (Å²) in [5, 5.41) is 51.3. The first-order valence-electron chi connectivity index (χ1n) is 45.0. The summed E-state index contributed by atoms with van der Waals surface area (Å²) in [6, 6.07) is 79.9. The van der Waals surface area contributed by atoms with E-state index >= 15 is 0 Å². The topological polar surface area (TPSA) is 287 Å². The van der Waals surface area contributed by atoms with Crippen molar-refractivity contribution in [2.45, 2.75) is 114 Å². The maximum absolute atomic E-state index is 13.6. The molecule has 0 atom stereocenters. The van der Waals surface area contributed by atoms with Gasteiger partial charge in [0.25, 0.3) is 29.2 Å². The number of nitro benzene ring substituents is 4. The largest absolute Gasteiger partial charge is 0.399 e. The molecular weight excluding hydrogens is 1930 g/mol. The second-order valence-electron chi connectivity index (χ2n) is 32.7. The molecule has 0 aliphatic carbocycles. The maximum atomic E-state index is 13.6. The number of nitrogens with one attached hydrogen (secondary N) is 1. The Bertz CT molecular complexity index is 7580. The number of hydrogen-bond acceptors (Lipinski definition) is 12. The van der Waals surface area contributed by atoms with Gasteiger partial charge in [-0.2, -0.15) is 0 Å². The number of nitrogens with zero attached hydrogens (tertiary/aromatic N) is 11. The second-order valence-corrected chi connectivity index (χ2v) is 34.0. The molecule has 19 aromatic rings. The highest BCUT2D eigenvalue weighted by molar-refractivity contribution is 14.1. The van der Waals surface area contributed by atoms with Crippen molar-refractivity contribution in [2.24, 2.45) is 5.92 Å². The fraction of sp³-hybridized carbons (Fsp3) is 0.165. The third-order valence-electron chi connectivity index (χ3n) is 23.4. The summed E-state index contributed by atoms with van der Waals surface area (Å²) in [5.74, 6) is -2.46. The molecule has 23 nitrogen and oxygen atoms in total. The van der Waals surface area contributed by atoms with Crippen molar-refractivity contribution >= 4 is 128 Å². The van der Waals surface area contributed by atoms with Crippen LogP contribution in [0.3, 0.4) is 0 Å². The van der Waals surface area contributed by atoms with Gasteiger partial charge in [-0.15, -0.1) is 0 Å². The number of rotatable bonds is 22. The van der Waals surface area contributed by atoms with E-state index in [9.17, 15) is 85.2 Å². The molecule has 19 rings (SSSR count). The lowest BCUT2D eigenvalue weighted by molar-refractivity contribution is -0.384. The number of Topliss-reactive ketones (excluding diaryl/α,β-unsaturated/α-hetero) is 1. The Labute approximate surface area is 818 Å². The fourth-order valence-corrected chi connectivity index (χ4v) is 16.8. The molecule has 0 fully saturated rings. The number of ketones is 1. The first-order chi connectivity index (χ1) is 67.7. The fourth-order valence-electron chi connectivity index (χ4n) is 16.5. The standard InChI is InChI=1S/C29H28F3N3O2.3C16H13FN2O2.C16H15FN2.C10H10N2O2.C6H4FI/c1-4-35-24-10-5-18(11-21(24)14-25(35)20-6-8-22(30)9-7-20)13-26(36)23-12-19(15-33-27(23)28(31)32)16-34-29(37)17(2)3;2*1-2-18-15-8-7-14(19(20)21)9-12(15)10-16(18)11-3-5-13(17)6-4-11;1-2-18-10-15(11-3-5-12(17)6-4-11)14-9-13(19(20)21)7-8-16(14)18;1-2-19-15-8-7-14(18)9-12(15)10-16(19)11-3-5-13(17)6-4-11;1-2-11-6-5-8-7-9(12(13)14)3-4-10(8)11;7-5-1-3-6(8)4-2-5/h5-12,14-15,17,28H,4,13,16H2,1-3H3,(H,34,37);3*3-10H,2H2,1H3;3-10H,2,18H2,1H3;3-7H,2H2,1H3;1-4H. The number of aromatic nitrogens is 7. The van der Waals surface area contributed by atoms with Crippen LogP contribution in [0.15, 0.2) is 310 Å². The van der Waals surface area contributed by atoms with Gasteiger partial charge in [-0.1, -0.05) is 32.0 Å². The lowest BCUT2D eigenvalue weighted by Gasteiger charge is -2.12. The van der Waals surface area contributed by atoms with E-state index in [0.717, 1.165) is 164 Å². The zero-order chi connectivity index (χ0) is 101. The van der Waals surface area contributed by atoms with Crippen molar-refractivity contribution in [1.29, 1.82) is 0 Å². The van der Waals surface area contributed by atoms with Crippen LogP contribution in [0.4, 0.5) is 63.6 Å². The van der Waals surface area contributed by atoms with E-state index < -0.39 is 32.7 Å². The van der Waals surface area contributed by atoms with Crippen molar-refractivity contribution in [1.82, 2.24) is 37.7 Å². The van der Waals surface area contributed by atoms with Gasteiger partial charge < -0.3 is 38.5 Å². The van der Waals surface area contributed by atoms with Gasteiger partial charge in [-0.3, -0.25) is 55.0 Å². The van der Waals surface area contributed by atoms with Gasteiger partial charge in [-0.25, -0.2) is 35.1 Å². The molecule has 0 bridgehead atoms. The number of carbonyl (C=O) groups is 2. The number of anilines is 1. The zero-order valence-corrected chi connectivity index (χ0v) is 79.9. The maximum Gasteiger partial charge on any atom is 0.281 e. The van der Waals surface area contributed by atoms with Gasteiger partial charge in [0.05, 0.1) is 19.7 Å². The Kier molecular flexibility index (Phi) is 33.5. The summed E-state index contributed by atoms with van der Waals surface area (Å²) in [6.07, 6.45) is 2.16. The number of nitro groups is 4. The second kappa shape index (κ2) is 46.3. The number of amides is 1. The number of alkyl halides is 2. The van der Waals surface area contributed by atoms with Crippen molar-refractivity contribution in [3.05, 3.63) is 411 Å². The van der Waals surface area contributed by atoms with Crippen LogP contribution in [-0.4, -0.2) is 63.8 Å². The van der Waals surface area contributed by atoms with E-state index in [-0.39, 0.29) is 92.9 Å². The van der Waals surface area contributed by atoms with Crippen molar-refractivity contribution in [3.8, 4) is 56.2 Å². The number of aryl methyl sites for hydroxylation is 6. The smallest absolute Gasteiger partial charge is 0.281 e. The van der Waals surface area contributed by atoms with Crippen LogP contribution in [-0.2, 0) is 57.0 Å². The van der Waals surface area contributed by atoms with Crippen LogP contribution in [0, 0.1) is 84.8 Å². The number of nitrogens with two attached hydrogens (primary N) is 1. The number of fused-ring (bicyclic) bond motifs is 6. The summed E-state index contributed by atoms with van der Waals surface area (Å²) in [5.41, 5.74) is 22.5. The summed E-state index contributed by atoms with van der Waals surface area (Å²) in [7, 11) is 0. The molecule has 12 aromatic carbocycles. The number of hydrogen-bond donors (Lipinski definition) is 2. The molecule has 0 aliphatic rings. The highest BCUT2D eigenvalue weighted by Gasteiger charge is 2.25. The van der Waals surface area contributed by atoms with E-state index in [4.69, 9.17) is 5.73 Å². The minimum atomic E-state index is -2.91. The highest BCUT2D eigenvalue weighted by atomic mass is 127. The van der Waals surface area contributed by atoms with E-state index in [1.807, 2.05) is 112 Å². The number of nitrogen functional groups attached to an aromatic ring is 1. The predicted octanol–water partition coefficient (Wildman–Crippen LogP) is 28.7. The first-order valence-corrected chi connectivity index (χ1v) is 46.1. The van der Waals surface area contributed by atoms with Crippen molar-refractivity contribution in [2.75, 3.05) is 5.73 Å². The molecule has 7 heterocycles. The monoisotopic (exact) mass is 2030 g/mol. The van der Waals surface area contributed by atoms with Gasteiger partial charge in [0.1, 0.15) is 40.6 Å². The van der Waals surface area contributed by atoms with Crippen LogP contribution >= 0.6 is 22.6 Å². The molecule has 720 valence electrons. The van der Waals surface area contributed by atoms with E-state index in [0.29, 0.717) is 17.7 Å². The normalized spacial score (nSPS) is 11.0. The molecule has 0 aliphatic heterocycles. The Balaban J connectivity index is 0.000000143. The average molecular weight is 2030 g/mol. The lowest BCUT2D eigenvalue weighted by Crippen LogP contribution is -2.27. The SMILES string of the molecule is CCn1c(-c2ccc(F)cc2)cc2cc(CC(=O)c3cc(CNC(=O)C(C)C)cnc3C(F)F)ccc21.CCn1c(-c2ccc(F)cc2)cc2cc(N)ccc21.CCn1c(-c2ccc(F)cc2)cc2cc([N+](=O)[O-])ccc21.CCn1c(-c2ccc(F)cc2)cc2cc([N+](=O)[O-])ccc21.CCn1cc(-c2ccc(F)cc2)c2cc([N+](=O)[O-])ccc21.CCn1ccc2cc([N+](=O)[O-])ccc21.Fc1ccc(I)cc1. The molecular formula is C109H96F8IN13O10. The molecule has 7 aromatic heterocycles. The number of pyridine rings is 1. The Hall–Kier alpha value is -16.3. The number of halogens is 9. The van der Waals surface area contributed by atoms with Gasteiger partial charge in [0.15, 0.2) is 5.78 Å². The van der Waals surface area contributed by atoms with Gasteiger partial charge in [0.2, 0.25) is 5.91 Å². The average Bonchev–Trinajstić information content (AvgIpc) is 1.64. The van der Waals surface area contributed by atoms with Crippen LogP contribution in [0.2, 0.25) is 0 Å². The Morgan fingerprint density at radius 1 is 0.383 bits per heavy atom. The van der Waals surface area contributed by atoms with Crippen LogP contribution in [0.5, 0.6) is 0 Å². The van der Waals surface area contributed by atoms with Gasteiger partial charge >= 0.3 is 0 Å². The summed E-state index contributed by atoms with van der Waals surface area (Å²) in [6.45, 7) is 20.4. The van der Waals surface area contributed by atoms with Gasteiger partial charge in [0, 0.05) is 234 Å². The first kappa shape index (κ1) is 102. The molecule has 0 saturated heterocycles. The molecule has 1 amide bonds. The Morgan fingerprint density at radius 2 is 0.730 bits per heavy atom. The molecule has 0 radical (unpaired) electrons. The minimum absolute atomic E-state index is 0.0553. The molecule has 0 unspecified atom stereocenters. The molecule has 3 N–H and O–H groups in total. The zero-order valence-electron chi connectivity index (χ0n) is 77.7. The number of benzene rings is 12. The summed E-state index contributed by atoms with van der Waals surface area (Å²) >= 11 is 2.13. The molecule has 0 spiro atoms. The summed E-state index contributed by atoms with van der Waals surface area (Å²) < 4.78 is 119. The van der Waals surface area contributed by atoms with Crippen LogP contribution < -0.4 is 11.1 Å². The lowest BCUT2D eigenvalue weighted by atomic mass is 9.99. The minimum Gasteiger partial charge on any atom is -0.399 e. The van der Waals surface area contributed by atoms with E-state index in [1.54, 1.807) is 135 Å². The molecule has 32 heteroatoms. The third-order valence-corrected chi connectivity index (χ3v) is 24.1.